The summed E-state index contributed by atoms with van der Waals surface area (Å²) in [5, 5.41) is 14.5. The Morgan fingerprint density at radius 1 is 1.48 bits per heavy atom. The molecule has 1 aromatic carbocycles. The van der Waals surface area contributed by atoms with Crippen LogP contribution in [0, 0.1) is 15.9 Å². The Balaban J connectivity index is 2.62. The molecule has 6 heteroatoms. The number of nitrogens with one attached hydrogen (secondary N) is 1. The SMILES string of the molecule is CCCC(C)(C)Nc1c(F)cc([N+](=O)[O-])c2cccnc12. The molecule has 112 valence electrons. The molecule has 0 unspecified atom stereocenters. The van der Waals surface area contributed by atoms with Crippen LogP contribution in [0.15, 0.2) is 24.4 Å². The maximum atomic E-state index is 14.3. The standard InChI is InChI=1S/C15H18FN3O2/c1-4-7-15(2,3)18-14-11(16)9-12(19(20)21)10-6-5-8-17-13(10)14/h5-6,8-9,18H,4,7H2,1-3H3. The summed E-state index contributed by atoms with van der Waals surface area (Å²) in [7, 11) is 0. The summed E-state index contributed by atoms with van der Waals surface area (Å²) >= 11 is 0. The largest absolute Gasteiger partial charge is 0.376 e. The van der Waals surface area contributed by atoms with Gasteiger partial charge in [-0.25, -0.2) is 4.39 Å². The van der Waals surface area contributed by atoms with Gasteiger partial charge in [-0.1, -0.05) is 13.3 Å². The molecule has 0 fully saturated rings. The molecule has 0 atom stereocenters. The first-order chi connectivity index (χ1) is 9.85. The number of pyridine rings is 1. The predicted octanol–water partition coefficient (Wildman–Crippen LogP) is 4.27. The summed E-state index contributed by atoms with van der Waals surface area (Å²) in [6.45, 7) is 5.98. The summed E-state index contributed by atoms with van der Waals surface area (Å²) in [6, 6.07) is 4.14. The lowest BCUT2D eigenvalue weighted by atomic mass is 9.98. The zero-order chi connectivity index (χ0) is 15.6. The maximum absolute atomic E-state index is 14.3. The highest BCUT2D eigenvalue weighted by Gasteiger charge is 2.24. The van der Waals surface area contributed by atoms with Gasteiger partial charge in [0, 0.05) is 11.7 Å². The molecule has 0 spiro atoms. The molecule has 1 heterocycles. The Morgan fingerprint density at radius 2 is 2.19 bits per heavy atom. The van der Waals surface area contributed by atoms with Gasteiger partial charge in [0.25, 0.3) is 5.69 Å². The van der Waals surface area contributed by atoms with Crippen LogP contribution in [-0.2, 0) is 0 Å². The molecule has 1 N–H and O–H groups in total. The Morgan fingerprint density at radius 3 is 2.81 bits per heavy atom. The van der Waals surface area contributed by atoms with Crippen LogP contribution in [0.4, 0.5) is 15.8 Å². The topological polar surface area (TPSA) is 68.1 Å². The zero-order valence-corrected chi connectivity index (χ0v) is 12.3. The van der Waals surface area contributed by atoms with Gasteiger partial charge in [-0.3, -0.25) is 15.1 Å². The molecule has 21 heavy (non-hydrogen) atoms. The van der Waals surface area contributed by atoms with Crippen molar-refractivity contribution in [3.05, 3.63) is 40.3 Å². The van der Waals surface area contributed by atoms with E-state index in [-0.39, 0.29) is 22.4 Å². The third-order valence-electron chi connectivity index (χ3n) is 3.36. The second-order valence-electron chi connectivity index (χ2n) is 5.67. The first kappa shape index (κ1) is 15.2. The van der Waals surface area contributed by atoms with E-state index < -0.39 is 10.7 Å². The normalized spacial score (nSPS) is 11.6. The monoisotopic (exact) mass is 291 g/mol. The fourth-order valence-electron chi connectivity index (χ4n) is 2.49. The predicted molar refractivity (Wildman–Crippen MR) is 81.0 cm³/mol. The zero-order valence-electron chi connectivity index (χ0n) is 12.3. The molecule has 0 aliphatic carbocycles. The van der Waals surface area contributed by atoms with E-state index in [1.54, 1.807) is 12.1 Å². The minimum Gasteiger partial charge on any atom is -0.376 e. The molecule has 2 rings (SSSR count). The van der Waals surface area contributed by atoms with Crippen LogP contribution in [0.1, 0.15) is 33.6 Å². The van der Waals surface area contributed by atoms with E-state index in [4.69, 9.17) is 0 Å². The van der Waals surface area contributed by atoms with E-state index in [0.29, 0.717) is 5.39 Å². The average molecular weight is 291 g/mol. The number of fused-ring (bicyclic) bond motifs is 1. The highest BCUT2D eigenvalue weighted by Crippen LogP contribution is 2.34. The minimum atomic E-state index is -0.655. The van der Waals surface area contributed by atoms with E-state index in [1.165, 1.54) is 6.20 Å². The highest BCUT2D eigenvalue weighted by molar-refractivity contribution is 5.97. The fourth-order valence-corrected chi connectivity index (χ4v) is 2.49. The quantitative estimate of drug-likeness (QED) is 0.659. The summed E-state index contributed by atoms with van der Waals surface area (Å²) in [4.78, 5) is 14.6. The number of nitrogens with zero attached hydrogens (tertiary/aromatic N) is 2. The van der Waals surface area contributed by atoms with Crippen molar-refractivity contribution in [3.8, 4) is 0 Å². The first-order valence-corrected chi connectivity index (χ1v) is 6.85. The Kier molecular flexibility index (Phi) is 4.06. The van der Waals surface area contributed by atoms with Crippen LogP contribution >= 0.6 is 0 Å². The molecule has 0 saturated carbocycles. The fraction of sp³-hybridized carbons (Fsp3) is 0.400. The number of anilines is 1. The number of aromatic nitrogens is 1. The number of nitro groups is 1. The lowest BCUT2D eigenvalue weighted by Gasteiger charge is -2.27. The summed E-state index contributed by atoms with van der Waals surface area (Å²) in [5.74, 6) is -0.655. The molecule has 1 aromatic heterocycles. The number of hydrogen-bond donors (Lipinski definition) is 1. The number of non-ortho nitro benzene ring substituents is 1. The molecular weight excluding hydrogens is 273 g/mol. The van der Waals surface area contributed by atoms with Gasteiger partial charge in [0.15, 0.2) is 5.82 Å². The van der Waals surface area contributed by atoms with Crippen molar-refractivity contribution in [2.24, 2.45) is 0 Å². The van der Waals surface area contributed by atoms with Gasteiger partial charge in [-0.05, 0) is 32.4 Å². The third-order valence-corrected chi connectivity index (χ3v) is 3.36. The number of hydrogen-bond acceptors (Lipinski definition) is 4. The smallest absolute Gasteiger partial charge is 0.281 e. The number of nitro benzene ring substituents is 1. The van der Waals surface area contributed by atoms with Gasteiger partial charge in [0.1, 0.15) is 5.52 Å². The van der Waals surface area contributed by atoms with Gasteiger partial charge >= 0.3 is 0 Å². The van der Waals surface area contributed by atoms with E-state index >= 15 is 0 Å². The van der Waals surface area contributed by atoms with E-state index in [9.17, 15) is 14.5 Å². The molecular formula is C15H18FN3O2. The summed E-state index contributed by atoms with van der Waals surface area (Å²) < 4.78 is 14.3. The number of benzene rings is 1. The van der Waals surface area contributed by atoms with Crippen LogP contribution in [0.2, 0.25) is 0 Å². The third kappa shape index (κ3) is 3.09. The van der Waals surface area contributed by atoms with Crippen molar-refractivity contribution in [3.63, 3.8) is 0 Å². The van der Waals surface area contributed by atoms with Gasteiger partial charge in [0.05, 0.1) is 22.1 Å². The molecule has 0 amide bonds. The summed E-state index contributed by atoms with van der Waals surface area (Å²) in [5.41, 5.74) is -0.0895. The average Bonchev–Trinajstić information content (AvgIpc) is 2.41. The molecule has 0 radical (unpaired) electrons. The van der Waals surface area contributed by atoms with Crippen molar-refractivity contribution in [2.75, 3.05) is 5.32 Å². The van der Waals surface area contributed by atoms with E-state index in [1.807, 2.05) is 20.8 Å². The second kappa shape index (κ2) is 5.63. The molecule has 2 aromatic rings. The van der Waals surface area contributed by atoms with Gasteiger partial charge in [-0.15, -0.1) is 0 Å². The van der Waals surface area contributed by atoms with E-state index in [2.05, 4.69) is 10.3 Å². The first-order valence-electron chi connectivity index (χ1n) is 6.85. The van der Waals surface area contributed by atoms with Crippen molar-refractivity contribution in [2.45, 2.75) is 39.2 Å². The molecule has 0 aliphatic heterocycles. The van der Waals surface area contributed by atoms with Crippen LogP contribution < -0.4 is 5.32 Å². The Hall–Kier alpha value is -2.24. The molecule has 5 nitrogen and oxygen atoms in total. The minimum absolute atomic E-state index is 0.217. The second-order valence-corrected chi connectivity index (χ2v) is 5.67. The van der Waals surface area contributed by atoms with Crippen LogP contribution in [0.25, 0.3) is 10.9 Å². The summed E-state index contributed by atoms with van der Waals surface area (Å²) in [6.07, 6.45) is 3.29. The van der Waals surface area contributed by atoms with Crippen LogP contribution in [0.5, 0.6) is 0 Å². The molecule has 0 aliphatic rings. The lowest BCUT2D eigenvalue weighted by Crippen LogP contribution is -2.31. The Bertz CT molecular complexity index is 686. The van der Waals surface area contributed by atoms with Crippen LogP contribution in [0.3, 0.4) is 0 Å². The molecule has 0 bridgehead atoms. The Labute approximate surface area is 122 Å². The van der Waals surface area contributed by atoms with Gasteiger partial charge in [0.2, 0.25) is 0 Å². The highest BCUT2D eigenvalue weighted by atomic mass is 19.1. The van der Waals surface area contributed by atoms with Crippen LogP contribution in [-0.4, -0.2) is 15.4 Å². The lowest BCUT2D eigenvalue weighted by molar-refractivity contribution is -0.383. The van der Waals surface area contributed by atoms with Gasteiger partial charge in [-0.2, -0.15) is 0 Å². The van der Waals surface area contributed by atoms with Crippen molar-refractivity contribution in [1.82, 2.24) is 4.98 Å². The number of halogens is 1. The van der Waals surface area contributed by atoms with E-state index in [0.717, 1.165) is 18.9 Å². The maximum Gasteiger partial charge on any atom is 0.281 e. The number of rotatable bonds is 5. The van der Waals surface area contributed by atoms with Crippen molar-refractivity contribution >= 4 is 22.3 Å². The van der Waals surface area contributed by atoms with Crippen molar-refractivity contribution in [1.29, 1.82) is 0 Å². The molecule has 0 saturated heterocycles. The van der Waals surface area contributed by atoms with Crippen molar-refractivity contribution < 1.29 is 9.31 Å². The van der Waals surface area contributed by atoms with Gasteiger partial charge < -0.3 is 5.32 Å².